The maximum atomic E-state index is 5.65. The van der Waals surface area contributed by atoms with Crippen molar-refractivity contribution in [3.63, 3.8) is 0 Å². The van der Waals surface area contributed by atoms with Gasteiger partial charge in [-0.25, -0.2) is 0 Å². The number of benzene rings is 1. The van der Waals surface area contributed by atoms with E-state index in [4.69, 9.17) is 5.73 Å². The number of aryl methyl sites for hydroxylation is 1. The molecule has 2 nitrogen and oxygen atoms in total. The van der Waals surface area contributed by atoms with Crippen molar-refractivity contribution in [2.24, 2.45) is 5.73 Å². The number of nitrogens with one attached hydrogen (secondary N) is 1. The standard InChI is InChI=1S/C11H17BrN2/c1-8-4-5-9(6-10(8)12)14-11(2,3)7-13/h4-6,14H,7,13H2,1-3H3. The van der Waals surface area contributed by atoms with E-state index in [1.807, 2.05) is 0 Å². The Morgan fingerprint density at radius 1 is 1.43 bits per heavy atom. The molecule has 0 aliphatic carbocycles. The number of halogens is 1. The van der Waals surface area contributed by atoms with Crippen LogP contribution in [0.3, 0.4) is 0 Å². The second-order valence-corrected chi connectivity index (χ2v) is 5.03. The summed E-state index contributed by atoms with van der Waals surface area (Å²) in [5, 5.41) is 3.38. The first-order valence-electron chi connectivity index (χ1n) is 4.69. The Morgan fingerprint density at radius 2 is 2.07 bits per heavy atom. The Kier molecular flexibility index (Phi) is 3.56. The van der Waals surface area contributed by atoms with Crippen molar-refractivity contribution in [3.8, 4) is 0 Å². The Labute approximate surface area is 94.0 Å². The zero-order chi connectivity index (χ0) is 10.8. The molecule has 0 fully saturated rings. The average Bonchev–Trinajstić information content (AvgIpc) is 2.11. The molecule has 1 aromatic carbocycles. The molecule has 3 heteroatoms. The van der Waals surface area contributed by atoms with Crippen molar-refractivity contribution >= 4 is 21.6 Å². The van der Waals surface area contributed by atoms with Gasteiger partial charge in [0.15, 0.2) is 0 Å². The summed E-state index contributed by atoms with van der Waals surface area (Å²) < 4.78 is 1.12. The highest BCUT2D eigenvalue weighted by atomic mass is 79.9. The van der Waals surface area contributed by atoms with Gasteiger partial charge in [-0.1, -0.05) is 22.0 Å². The van der Waals surface area contributed by atoms with Crippen LogP contribution in [-0.4, -0.2) is 12.1 Å². The predicted octanol–water partition coefficient (Wildman–Crippen LogP) is 2.91. The molecule has 0 unspecified atom stereocenters. The molecule has 0 atom stereocenters. The first kappa shape index (κ1) is 11.5. The highest BCUT2D eigenvalue weighted by Crippen LogP contribution is 2.22. The Bertz CT molecular complexity index is 321. The molecule has 0 radical (unpaired) electrons. The summed E-state index contributed by atoms with van der Waals surface area (Å²) in [7, 11) is 0. The van der Waals surface area contributed by atoms with Crippen LogP contribution in [0.1, 0.15) is 19.4 Å². The minimum Gasteiger partial charge on any atom is -0.379 e. The fourth-order valence-electron chi connectivity index (χ4n) is 1.11. The molecule has 0 bridgehead atoms. The van der Waals surface area contributed by atoms with Crippen LogP contribution in [0.15, 0.2) is 22.7 Å². The maximum Gasteiger partial charge on any atom is 0.0439 e. The van der Waals surface area contributed by atoms with E-state index in [-0.39, 0.29) is 5.54 Å². The van der Waals surface area contributed by atoms with Gasteiger partial charge in [0.05, 0.1) is 0 Å². The van der Waals surface area contributed by atoms with Crippen LogP contribution >= 0.6 is 15.9 Å². The van der Waals surface area contributed by atoms with E-state index >= 15 is 0 Å². The minimum atomic E-state index is -0.0608. The number of anilines is 1. The van der Waals surface area contributed by atoms with Crippen molar-refractivity contribution in [1.82, 2.24) is 0 Å². The Morgan fingerprint density at radius 3 is 2.57 bits per heavy atom. The summed E-state index contributed by atoms with van der Waals surface area (Å²) in [4.78, 5) is 0. The lowest BCUT2D eigenvalue weighted by atomic mass is 10.1. The summed E-state index contributed by atoms with van der Waals surface area (Å²) in [6.45, 7) is 6.85. The van der Waals surface area contributed by atoms with Gasteiger partial charge in [-0.2, -0.15) is 0 Å². The minimum absolute atomic E-state index is 0.0608. The quantitative estimate of drug-likeness (QED) is 0.873. The van der Waals surface area contributed by atoms with E-state index in [0.29, 0.717) is 6.54 Å². The Balaban J connectivity index is 2.83. The van der Waals surface area contributed by atoms with Gasteiger partial charge in [0.25, 0.3) is 0 Å². The maximum absolute atomic E-state index is 5.65. The molecule has 0 heterocycles. The van der Waals surface area contributed by atoms with Gasteiger partial charge < -0.3 is 11.1 Å². The van der Waals surface area contributed by atoms with Gasteiger partial charge in [-0.3, -0.25) is 0 Å². The molecule has 1 rings (SSSR count). The first-order valence-corrected chi connectivity index (χ1v) is 5.48. The second-order valence-electron chi connectivity index (χ2n) is 4.18. The molecule has 1 aromatic rings. The van der Waals surface area contributed by atoms with E-state index in [9.17, 15) is 0 Å². The summed E-state index contributed by atoms with van der Waals surface area (Å²) in [5.41, 5.74) is 7.92. The molecule has 0 aromatic heterocycles. The number of nitrogens with two attached hydrogens (primary N) is 1. The highest BCUT2D eigenvalue weighted by molar-refractivity contribution is 9.10. The fourth-order valence-corrected chi connectivity index (χ4v) is 1.49. The van der Waals surface area contributed by atoms with E-state index < -0.39 is 0 Å². The zero-order valence-electron chi connectivity index (χ0n) is 8.89. The highest BCUT2D eigenvalue weighted by Gasteiger charge is 2.14. The van der Waals surface area contributed by atoms with Crippen LogP contribution in [0.4, 0.5) is 5.69 Å². The van der Waals surface area contributed by atoms with E-state index in [1.165, 1.54) is 5.56 Å². The lowest BCUT2D eigenvalue weighted by Gasteiger charge is -2.25. The van der Waals surface area contributed by atoms with Crippen molar-refractivity contribution in [1.29, 1.82) is 0 Å². The summed E-state index contributed by atoms with van der Waals surface area (Å²) in [6, 6.07) is 6.23. The molecule has 0 amide bonds. The SMILES string of the molecule is Cc1ccc(NC(C)(C)CN)cc1Br. The van der Waals surface area contributed by atoms with Crippen molar-refractivity contribution in [2.45, 2.75) is 26.3 Å². The van der Waals surface area contributed by atoms with Gasteiger partial charge in [0.2, 0.25) is 0 Å². The van der Waals surface area contributed by atoms with Crippen LogP contribution in [0.25, 0.3) is 0 Å². The Hall–Kier alpha value is -0.540. The lowest BCUT2D eigenvalue weighted by molar-refractivity contribution is 0.580. The average molecular weight is 257 g/mol. The first-order chi connectivity index (χ1) is 6.44. The molecule has 0 spiro atoms. The van der Waals surface area contributed by atoms with E-state index in [1.54, 1.807) is 0 Å². The number of hydrogen-bond acceptors (Lipinski definition) is 2. The summed E-state index contributed by atoms with van der Waals surface area (Å²) in [5.74, 6) is 0. The van der Waals surface area contributed by atoms with Gasteiger partial charge >= 0.3 is 0 Å². The normalized spacial score (nSPS) is 11.5. The molecule has 0 saturated heterocycles. The largest absolute Gasteiger partial charge is 0.379 e. The molecule has 3 N–H and O–H groups in total. The van der Waals surface area contributed by atoms with Gasteiger partial charge in [0, 0.05) is 22.2 Å². The molecular formula is C11H17BrN2. The smallest absolute Gasteiger partial charge is 0.0439 e. The van der Waals surface area contributed by atoms with Crippen LogP contribution in [-0.2, 0) is 0 Å². The topological polar surface area (TPSA) is 38.0 Å². The molecular weight excluding hydrogens is 240 g/mol. The molecule has 0 saturated carbocycles. The van der Waals surface area contributed by atoms with Crippen molar-refractivity contribution in [2.75, 3.05) is 11.9 Å². The third-order valence-electron chi connectivity index (χ3n) is 2.16. The molecule has 78 valence electrons. The third-order valence-corrected chi connectivity index (χ3v) is 3.02. The van der Waals surface area contributed by atoms with Crippen LogP contribution in [0.5, 0.6) is 0 Å². The van der Waals surface area contributed by atoms with Crippen LogP contribution in [0.2, 0.25) is 0 Å². The second kappa shape index (κ2) is 4.32. The lowest BCUT2D eigenvalue weighted by Crippen LogP contribution is -2.39. The number of hydrogen-bond donors (Lipinski definition) is 2. The van der Waals surface area contributed by atoms with Gasteiger partial charge in [0.1, 0.15) is 0 Å². The van der Waals surface area contributed by atoms with Gasteiger partial charge in [-0.05, 0) is 38.5 Å². The van der Waals surface area contributed by atoms with E-state index in [2.05, 4.69) is 60.2 Å². The van der Waals surface area contributed by atoms with Crippen LogP contribution < -0.4 is 11.1 Å². The molecule has 14 heavy (non-hydrogen) atoms. The fraction of sp³-hybridized carbons (Fsp3) is 0.455. The van der Waals surface area contributed by atoms with E-state index in [0.717, 1.165) is 10.2 Å². The van der Waals surface area contributed by atoms with Gasteiger partial charge in [-0.15, -0.1) is 0 Å². The van der Waals surface area contributed by atoms with Crippen LogP contribution in [0, 0.1) is 6.92 Å². The monoisotopic (exact) mass is 256 g/mol. The predicted molar refractivity (Wildman–Crippen MR) is 65.6 cm³/mol. The third kappa shape index (κ3) is 3.00. The molecule has 0 aliphatic rings. The molecule has 0 aliphatic heterocycles. The summed E-state index contributed by atoms with van der Waals surface area (Å²) in [6.07, 6.45) is 0. The van der Waals surface area contributed by atoms with Crippen molar-refractivity contribution < 1.29 is 0 Å². The summed E-state index contributed by atoms with van der Waals surface area (Å²) >= 11 is 3.50. The van der Waals surface area contributed by atoms with Crippen molar-refractivity contribution in [3.05, 3.63) is 28.2 Å². The zero-order valence-corrected chi connectivity index (χ0v) is 10.5. The number of rotatable bonds is 3.